The van der Waals surface area contributed by atoms with Gasteiger partial charge in [0.15, 0.2) is 11.4 Å². The molecule has 3 N–H and O–H groups in total. The van der Waals surface area contributed by atoms with Gasteiger partial charge in [-0.05, 0) is 38.6 Å². The Morgan fingerprint density at radius 1 is 1.13 bits per heavy atom. The van der Waals surface area contributed by atoms with Crippen molar-refractivity contribution in [3.8, 4) is 0 Å². The zero-order valence-corrected chi connectivity index (χ0v) is 14.7. The van der Waals surface area contributed by atoms with Crippen LogP contribution in [0.1, 0.15) is 25.0 Å². The van der Waals surface area contributed by atoms with Crippen LogP contribution in [-0.2, 0) is 20.7 Å². The fraction of sp³-hybridized carbons (Fsp3) is 0.500. The van der Waals surface area contributed by atoms with E-state index >= 15 is 0 Å². The van der Waals surface area contributed by atoms with Gasteiger partial charge in [0.25, 0.3) is 0 Å². The van der Waals surface area contributed by atoms with Crippen LogP contribution in [0.15, 0.2) is 24.3 Å². The van der Waals surface area contributed by atoms with Gasteiger partial charge < -0.3 is 14.8 Å². The van der Waals surface area contributed by atoms with E-state index in [0.717, 1.165) is 11.1 Å². The van der Waals surface area contributed by atoms with Crippen molar-refractivity contribution in [3.05, 3.63) is 35.4 Å². The molecule has 128 valence electrons. The maximum absolute atomic E-state index is 11.8. The van der Waals surface area contributed by atoms with E-state index in [2.05, 4.69) is 16.2 Å². The number of carbonyl (C=O) groups excluding carboxylic acids is 1. The highest BCUT2D eigenvalue weighted by molar-refractivity contribution is 7.80. The molecule has 0 unspecified atom stereocenters. The first-order valence-corrected chi connectivity index (χ1v) is 8.07. The number of thiocarbonyl (C=S) groups is 1. The smallest absolute Gasteiger partial charge is 0.242 e. The van der Waals surface area contributed by atoms with Crippen molar-refractivity contribution in [1.29, 1.82) is 0 Å². The predicted molar refractivity (Wildman–Crippen MR) is 93.8 cm³/mol. The molecule has 0 radical (unpaired) electrons. The number of amides is 1. The number of nitrogens with one attached hydrogen (secondary N) is 3. The Bertz CT molecular complexity index is 488. The zero-order chi connectivity index (χ0) is 17.1. The van der Waals surface area contributed by atoms with Crippen molar-refractivity contribution in [2.24, 2.45) is 0 Å². The number of rotatable bonds is 8. The van der Waals surface area contributed by atoms with Gasteiger partial charge >= 0.3 is 0 Å². The third kappa shape index (κ3) is 8.49. The van der Waals surface area contributed by atoms with Crippen LogP contribution in [-0.4, -0.2) is 37.1 Å². The second kappa shape index (κ2) is 10.9. The largest absolute Gasteiger partial charge is 0.356 e. The van der Waals surface area contributed by atoms with Crippen LogP contribution >= 0.6 is 12.2 Å². The Kier molecular flexibility index (Phi) is 9.20. The summed E-state index contributed by atoms with van der Waals surface area (Å²) >= 11 is 5.09. The van der Waals surface area contributed by atoms with Crippen molar-refractivity contribution in [2.45, 2.75) is 33.5 Å². The van der Waals surface area contributed by atoms with Crippen LogP contribution in [0, 0.1) is 6.92 Å². The lowest BCUT2D eigenvalue weighted by atomic mass is 10.1. The molecule has 0 aromatic heterocycles. The summed E-state index contributed by atoms with van der Waals surface area (Å²) in [6.07, 6.45) is -0.0795. The summed E-state index contributed by atoms with van der Waals surface area (Å²) in [6.45, 7) is 7.32. The van der Waals surface area contributed by atoms with Crippen LogP contribution in [0.5, 0.6) is 0 Å². The van der Waals surface area contributed by atoms with Crippen molar-refractivity contribution in [1.82, 2.24) is 16.2 Å². The lowest BCUT2D eigenvalue weighted by molar-refractivity contribution is -0.131. The summed E-state index contributed by atoms with van der Waals surface area (Å²) in [6, 6.07) is 7.81. The number of hydrazine groups is 1. The van der Waals surface area contributed by atoms with Crippen LogP contribution in [0.3, 0.4) is 0 Å². The molecule has 6 nitrogen and oxygen atoms in total. The second-order valence-corrected chi connectivity index (χ2v) is 5.29. The molecule has 0 fully saturated rings. The van der Waals surface area contributed by atoms with Gasteiger partial charge in [0, 0.05) is 13.2 Å². The fourth-order valence-corrected chi connectivity index (χ4v) is 1.95. The minimum absolute atomic E-state index is 0.163. The molecule has 0 saturated heterocycles. The zero-order valence-electron chi connectivity index (χ0n) is 13.8. The lowest BCUT2D eigenvalue weighted by Crippen LogP contribution is -2.49. The molecule has 0 spiro atoms. The highest BCUT2D eigenvalue weighted by Crippen LogP contribution is 2.03. The maximum atomic E-state index is 11.8. The van der Waals surface area contributed by atoms with Gasteiger partial charge in [0.2, 0.25) is 5.91 Å². The Labute approximate surface area is 142 Å². The molecule has 0 heterocycles. The molecule has 0 aliphatic carbocycles. The lowest BCUT2D eigenvalue weighted by Gasteiger charge is -2.18. The average molecular weight is 339 g/mol. The molecule has 7 heteroatoms. The van der Waals surface area contributed by atoms with Gasteiger partial charge in [-0.25, -0.2) is 0 Å². The Morgan fingerprint density at radius 2 is 1.74 bits per heavy atom. The Balaban J connectivity index is 2.26. The number of benzene rings is 1. The monoisotopic (exact) mass is 339 g/mol. The topological polar surface area (TPSA) is 71.6 Å². The summed E-state index contributed by atoms with van der Waals surface area (Å²) < 4.78 is 10.8. The first-order valence-electron chi connectivity index (χ1n) is 7.66. The normalized spacial score (nSPS) is 10.4. The van der Waals surface area contributed by atoms with E-state index in [0.29, 0.717) is 24.9 Å². The van der Waals surface area contributed by atoms with Crippen molar-refractivity contribution in [3.63, 3.8) is 0 Å². The molecule has 23 heavy (non-hydrogen) atoms. The Morgan fingerprint density at radius 3 is 2.30 bits per heavy atom. The van der Waals surface area contributed by atoms with Gasteiger partial charge in [-0.3, -0.25) is 15.6 Å². The average Bonchev–Trinajstić information content (AvgIpc) is 2.53. The number of aryl methyl sites for hydroxylation is 1. The summed E-state index contributed by atoms with van der Waals surface area (Å²) in [7, 11) is 0. The van der Waals surface area contributed by atoms with Crippen molar-refractivity contribution in [2.75, 3.05) is 19.8 Å². The molecule has 1 rings (SSSR count). The highest BCUT2D eigenvalue weighted by atomic mass is 32.1. The second-order valence-electron chi connectivity index (χ2n) is 4.89. The molecule has 1 amide bonds. The number of hydrogen-bond acceptors (Lipinski definition) is 4. The van der Waals surface area contributed by atoms with Gasteiger partial charge in [-0.2, -0.15) is 0 Å². The van der Waals surface area contributed by atoms with E-state index in [9.17, 15) is 4.79 Å². The van der Waals surface area contributed by atoms with Crippen LogP contribution in [0.25, 0.3) is 0 Å². The van der Waals surface area contributed by atoms with Gasteiger partial charge in [-0.15, -0.1) is 0 Å². The van der Waals surface area contributed by atoms with E-state index < -0.39 is 0 Å². The number of ether oxygens (including phenoxy) is 2. The fourth-order valence-electron chi connectivity index (χ4n) is 1.82. The quantitative estimate of drug-likeness (QED) is 0.378. The van der Waals surface area contributed by atoms with Crippen LogP contribution in [0.4, 0.5) is 0 Å². The van der Waals surface area contributed by atoms with E-state index in [4.69, 9.17) is 21.7 Å². The first-order chi connectivity index (χ1) is 11.0. The molecular formula is C16H25N3O3S. The summed E-state index contributed by atoms with van der Waals surface area (Å²) in [5, 5.41) is 3.25. The summed E-state index contributed by atoms with van der Waals surface area (Å²) in [5.74, 6) is -0.163. The van der Waals surface area contributed by atoms with Crippen molar-refractivity contribution < 1.29 is 14.3 Å². The van der Waals surface area contributed by atoms with Gasteiger partial charge in [-0.1, -0.05) is 29.8 Å². The first kappa shape index (κ1) is 19.3. The van der Waals surface area contributed by atoms with Gasteiger partial charge in [0.05, 0.1) is 13.0 Å². The molecule has 0 bridgehead atoms. The van der Waals surface area contributed by atoms with Crippen LogP contribution in [0.2, 0.25) is 0 Å². The number of carbonyl (C=O) groups is 1. The predicted octanol–water partition coefficient (Wildman–Crippen LogP) is 1.43. The molecule has 1 aromatic rings. The molecule has 0 saturated carbocycles. The molecule has 0 atom stereocenters. The van der Waals surface area contributed by atoms with E-state index in [-0.39, 0.29) is 18.6 Å². The van der Waals surface area contributed by atoms with Gasteiger partial charge in [0.1, 0.15) is 0 Å². The third-order valence-electron chi connectivity index (χ3n) is 2.94. The van der Waals surface area contributed by atoms with E-state index in [1.54, 1.807) is 0 Å². The molecule has 1 aromatic carbocycles. The summed E-state index contributed by atoms with van der Waals surface area (Å²) in [5.41, 5.74) is 7.33. The molecule has 0 aliphatic heterocycles. The maximum Gasteiger partial charge on any atom is 0.242 e. The Hall–Kier alpha value is -1.70. The molecule has 0 aliphatic rings. The molecular weight excluding hydrogens is 314 g/mol. The SMILES string of the molecule is CCOC(CNC(=S)NNC(=O)Cc1ccc(C)cc1)OCC. The van der Waals surface area contributed by atoms with Crippen LogP contribution < -0.4 is 16.2 Å². The van der Waals surface area contributed by atoms with E-state index in [1.807, 2.05) is 45.0 Å². The minimum atomic E-state index is -0.368. The highest BCUT2D eigenvalue weighted by Gasteiger charge is 2.09. The van der Waals surface area contributed by atoms with Crippen molar-refractivity contribution >= 4 is 23.2 Å². The van der Waals surface area contributed by atoms with E-state index in [1.165, 1.54) is 0 Å². The third-order valence-corrected chi connectivity index (χ3v) is 3.18. The minimum Gasteiger partial charge on any atom is -0.356 e. The number of hydrogen-bond donors (Lipinski definition) is 3. The summed E-state index contributed by atoms with van der Waals surface area (Å²) in [4.78, 5) is 11.8. The standard InChI is InChI=1S/C16H25N3O3S/c1-4-21-15(22-5-2)11-17-16(23)19-18-14(20)10-13-8-6-12(3)7-9-13/h6-9,15H,4-5,10-11H2,1-3H3,(H,18,20)(H2,17,19,23).